The molecule has 6 nitrogen and oxygen atoms in total. The summed E-state index contributed by atoms with van der Waals surface area (Å²) in [5.41, 5.74) is 0.905. The minimum atomic E-state index is -0.522. The monoisotopic (exact) mass is 219 g/mol. The van der Waals surface area contributed by atoms with Crippen molar-refractivity contribution in [3.63, 3.8) is 0 Å². The van der Waals surface area contributed by atoms with Gasteiger partial charge in [0.05, 0.1) is 22.6 Å². The van der Waals surface area contributed by atoms with Gasteiger partial charge in [-0.15, -0.1) is 0 Å². The lowest BCUT2D eigenvalue weighted by atomic mass is 10.3. The summed E-state index contributed by atoms with van der Waals surface area (Å²) in [6.45, 7) is 2.08. The third kappa shape index (κ3) is 1.77. The third-order valence-electron chi connectivity index (χ3n) is 2.01. The van der Waals surface area contributed by atoms with E-state index in [4.69, 9.17) is 4.74 Å². The molecule has 2 heterocycles. The lowest BCUT2D eigenvalue weighted by Crippen LogP contribution is -2.00. The highest BCUT2D eigenvalue weighted by Gasteiger charge is 2.18. The zero-order valence-electron chi connectivity index (χ0n) is 8.58. The summed E-state index contributed by atoms with van der Waals surface area (Å²) in [5.74, 6) is 0.0352. The molecule has 2 rings (SSSR count). The van der Waals surface area contributed by atoms with Gasteiger partial charge >= 0.3 is 5.69 Å². The van der Waals surface area contributed by atoms with E-state index in [0.717, 1.165) is 0 Å². The van der Waals surface area contributed by atoms with E-state index in [-0.39, 0.29) is 11.6 Å². The molecule has 0 N–H and O–H groups in total. The Balaban J connectivity index is 2.65. The summed E-state index contributed by atoms with van der Waals surface area (Å²) in [6, 6.07) is 4.82. The number of nitro groups is 1. The second kappa shape index (κ2) is 4.09. The Hall–Kier alpha value is -2.24. The molecule has 0 aliphatic carbocycles. The lowest BCUT2D eigenvalue weighted by Gasteiger charge is -2.03. The summed E-state index contributed by atoms with van der Waals surface area (Å²) >= 11 is 0. The number of nitrogens with zero attached hydrogens (tertiary/aromatic N) is 3. The summed E-state index contributed by atoms with van der Waals surface area (Å²) in [6.07, 6.45) is 1.56. The van der Waals surface area contributed by atoms with Crippen LogP contribution in [0, 0.1) is 10.1 Å². The van der Waals surface area contributed by atoms with Gasteiger partial charge < -0.3 is 4.74 Å². The number of pyridine rings is 2. The van der Waals surface area contributed by atoms with E-state index in [1.165, 1.54) is 6.07 Å². The maximum Gasteiger partial charge on any atom is 0.333 e. The van der Waals surface area contributed by atoms with Crippen LogP contribution in [0.4, 0.5) is 5.69 Å². The SMILES string of the molecule is CCOc1nc2cccnc2cc1[N+](=O)[O-]. The van der Waals surface area contributed by atoms with Gasteiger partial charge in [0, 0.05) is 12.3 Å². The van der Waals surface area contributed by atoms with Crippen molar-refractivity contribution < 1.29 is 9.66 Å². The first-order valence-corrected chi connectivity index (χ1v) is 4.75. The maximum atomic E-state index is 10.8. The van der Waals surface area contributed by atoms with Gasteiger partial charge in [0.25, 0.3) is 5.88 Å². The molecule has 0 atom stereocenters. The van der Waals surface area contributed by atoms with Crippen LogP contribution in [0.3, 0.4) is 0 Å². The van der Waals surface area contributed by atoms with Gasteiger partial charge in [-0.1, -0.05) is 0 Å². The first-order valence-electron chi connectivity index (χ1n) is 4.75. The smallest absolute Gasteiger partial charge is 0.333 e. The fourth-order valence-electron chi connectivity index (χ4n) is 1.35. The average Bonchev–Trinajstić information content (AvgIpc) is 2.28. The van der Waals surface area contributed by atoms with Crippen LogP contribution in [-0.2, 0) is 0 Å². The van der Waals surface area contributed by atoms with Gasteiger partial charge in [0.15, 0.2) is 0 Å². The predicted octanol–water partition coefficient (Wildman–Crippen LogP) is 1.94. The van der Waals surface area contributed by atoms with Crippen LogP contribution < -0.4 is 4.74 Å². The first kappa shape index (κ1) is 10.3. The first-order chi connectivity index (χ1) is 7.72. The fourth-order valence-corrected chi connectivity index (χ4v) is 1.35. The van der Waals surface area contributed by atoms with Crippen molar-refractivity contribution in [2.24, 2.45) is 0 Å². The fraction of sp³-hybridized carbons (Fsp3) is 0.200. The van der Waals surface area contributed by atoms with E-state index in [1.807, 2.05) is 0 Å². The van der Waals surface area contributed by atoms with Gasteiger partial charge in [0.1, 0.15) is 0 Å². The van der Waals surface area contributed by atoms with Gasteiger partial charge in [-0.05, 0) is 19.1 Å². The van der Waals surface area contributed by atoms with Crippen LogP contribution in [0.15, 0.2) is 24.4 Å². The molecule has 0 saturated carbocycles. The van der Waals surface area contributed by atoms with Crippen molar-refractivity contribution in [1.29, 1.82) is 0 Å². The second-order valence-corrected chi connectivity index (χ2v) is 3.04. The molecule has 0 aromatic carbocycles. The summed E-state index contributed by atoms with van der Waals surface area (Å²) in [5, 5.41) is 10.8. The molecule has 16 heavy (non-hydrogen) atoms. The zero-order chi connectivity index (χ0) is 11.5. The van der Waals surface area contributed by atoms with Crippen LogP contribution in [0.5, 0.6) is 5.88 Å². The Morgan fingerprint density at radius 3 is 3.00 bits per heavy atom. The third-order valence-corrected chi connectivity index (χ3v) is 2.01. The van der Waals surface area contributed by atoms with Crippen LogP contribution in [0.1, 0.15) is 6.92 Å². The standard InChI is InChI=1S/C10H9N3O3/c1-2-16-10-9(13(14)15)6-8-7(12-10)4-3-5-11-8/h3-6H,2H2,1H3. The molecule has 0 saturated heterocycles. The zero-order valence-corrected chi connectivity index (χ0v) is 8.58. The van der Waals surface area contributed by atoms with Crippen molar-refractivity contribution in [2.45, 2.75) is 6.92 Å². The van der Waals surface area contributed by atoms with Gasteiger partial charge in [0.2, 0.25) is 0 Å². The Morgan fingerprint density at radius 1 is 1.50 bits per heavy atom. The summed E-state index contributed by atoms with van der Waals surface area (Å²) in [7, 11) is 0. The van der Waals surface area contributed by atoms with Crippen LogP contribution in [-0.4, -0.2) is 21.5 Å². The number of hydrogen-bond acceptors (Lipinski definition) is 5. The molecular formula is C10H9N3O3. The minimum absolute atomic E-state index is 0.0352. The van der Waals surface area contributed by atoms with Gasteiger partial charge in [-0.25, -0.2) is 4.98 Å². The molecule has 0 aliphatic rings. The number of aromatic nitrogens is 2. The highest BCUT2D eigenvalue weighted by atomic mass is 16.6. The molecule has 0 bridgehead atoms. The Kier molecular flexibility index (Phi) is 2.63. The Labute approximate surface area is 91.0 Å². The van der Waals surface area contributed by atoms with Crippen molar-refractivity contribution in [3.05, 3.63) is 34.5 Å². The number of ether oxygens (including phenoxy) is 1. The summed E-state index contributed by atoms with van der Waals surface area (Å²) < 4.78 is 5.13. The largest absolute Gasteiger partial charge is 0.473 e. The molecule has 2 aromatic heterocycles. The molecule has 0 unspecified atom stereocenters. The number of fused-ring (bicyclic) bond motifs is 1. The molecule has 82 valence electrons. The van der Waals surface area contributed by atoms with Crippen molar-refractivity contribution in [1.82, 2.24) is 9.97 Å². The molecule has 0 aliphatic heterocycles. The number of rotatable bonds is 3. The van der Waals surface area contributed by atoms with E-state index in [1.54, 1.807) is 25.3 Å². The molecule has 0 fully saturated rings. The average molecular weight is 219 g/mol. The Morgan fingerprint density at radius 2 is 2.31 bits per heavy atom. The molecule has 0 radical (unpaired) electrons. The van der Waals surface area contributed by atoms with Crippen molar-refractivity contribution in [2.75, 3.05) is 6.61 Å². The topological polar surface area (TPSA) is 78.2 Å². The molecule has 6 heteroatoms. The molecule has 0 amide bonds. The van der Waals surface area contributed by atoms with Gasteiger partial charge in [-0.3, -0.25) is 15.1 Å². The quantitative estimate of drug-likeness (QED) is 0.582. The van der Waals surface area contributed by atoms with E-state index in [0.29, 0.717) is 17.6 Å². The maximum absolute atomic E-state index is 10.8. The minimum Gasteiger partial charge on any atom is -0.473 e. The highest BCUT2D eigenvalue weighted by molar-refractivity contribution is 5.77. The van der Waals surface area contributed by atoms with E-state index < -0.39 is 4.92 Å². The normalized spacial score (nSPS) is 10.3. The van der Waals surface area contributed by atoms with Crippen molar-refractivity contribution in [3.8, 4) is 5.88 Å². The van der Waals surface area contributed by atoms with Crippen LogP contribution >= 0.6 is 0 Å². The van der Waals surface area contributed by atoms with Gasteiger partial charge in [-0.2, -0.15) is 0 Å². The van der Waals surface area contributed by atoms with E-state index in [2.05, 4.69) is 9.97 Å². The molecular weight excluding hydrogens is 210 g/mol. The molecule has 0 spiro atoms. The van der Waals surface area contributed by atoms with E-state index in [9.17, 15) is 10.1 Å². The summed E-state index contributed by atoms with van der Waals surface area (Å²) in [4.78, 5) is 18.3. The lowest BCUT2D eigenvalue weighted by molar-refractivity contribution is -0.386. The molecule has 2 aromatic rings. The number of hydrogen-bond donors (Lipinski definition) is 0. The highest BCUT2D eigenvalue weighted by Crippen LogP contribution is 2.27. The second-order valence-electron chi connectivity index (χ2n) is 3.04. The predicted molar refractivity (Wildman–Crippen MR) is 57.4 cm³/mol. The van der Waals surface area contributed by atoms with Crippen molar-refractivity contribution >= 4 is 16.7 Å². The van der Waals surface area contributed by atoms with Crippen LogP contribution in [0.25, 0.3) is 11.0 Å². The Bertz CT molecular complexity index is 542. The van der Waals surface area contributed by atoms with E-state index >= 15 is 0 Å². The van der Waals surface area contributed by atoms with Crippen LogP contribution in [0.2, 0.25) is 0 Å².